The van der Waals surface area contributed by atoms with E-state index >= 15 is 0 Å². The van der Waals surface area contributed by atoms with Gasteiger partial charge in [0.2, 0.25) is 0 Å². The number of rotatable bonds is 2. The second kappa shape index (κ2) is 5.38. The maximum absolute atomic E-state index is 11.8. The summed E-state index contributed by atoms with van der Waals surface area (Å²) >= 11 is 0. The minimum absolute atomic E-state index is 0.0150. The molecular weight excluding hydrogens is 230 g/mol. The summed E-state index contributed by atoms with van der Waals surface area (Å²) in [5, 5.41) is 0. The van der Waals surface area contributed by atoms with Crippen molar-refractivity contribution in [2.75, 3.05) is 13.1 Å². The van der Waals surface area contributed by atoms with Crippen molar-refractivity contribution in [3.05, 3.63) is 23.8 Å². The molecule has 0 unspecified atom stereocenters. The summed E-state index contributed by atoms with van der Waals surface area (Å²) in [6.07, 6.45) is 2.01. The van der Waals surface area contributed by atoms with Crippen molar-refractivity contribution in [1.82, 2.24) is 4.90 Å². The molecule has 100 valence electrons. The molecule has 1 aliphatic rings. The molecule has 0 aromatic carbocycles. The molecule has 0 radical (unpaired) electrons. The Morgan fingerprint density at radius 2 is 2.00 bits per heavy atom. The van der Waals surface area contributed by atoms with Crippen molar-refractivity contribution < 1.29 is 14.3 Å². The molecule has 0 N–H and O–H groups in total. The predicted octanol–water partition coefficient (Wildman–Crippen LogP) is 2.70. The lowest BCUT2D eigenvalue weighted by molar-refractivity contribution is -0.112. The van der Waals surface area contributed by atoms with Crippen LogP contribution in [0.4, 0.5) is 4.79 Å². The number of hydrogen-bond donors (Lipinski definition) is 0. The number of Topliss-reactive ketones (excluding diaryl/α,β-unsaturated/α-hetero) is 1. The Morgan fingerprint density at radius 1 is 1.39 bits per heavy atom. The number of carbonyl (C=O) groups is 2. The molecule has 1 heterocycles. The third-order valence-electron chi connectivity index (χ3n) is 2.54. The highest BCUT2D eigenvalue weighted by Gasteiger charge is 2.25. The standard InChI is InChI=1S/C14H21NO3/c1-10(2)12(16)11-6-8-15(9-7-11)13(17)18-14(3,4)5/h6H,1,7-9H2,2-5H3. The minimum atomic E-state index is -0.491. The maximum Gasteiger partial charge on any atom is 0.410 e. The van der Waals surface area contributed by atoms with Crippen LogP contribution < -0.4 is 0 Å². The van der Waals surface area contributed by atoms with Gasteiger partial charge in [0, 0.05) is 13.1 Å². The van der Waals surface area contributed by atoms with Gasteiger partial charge >= 0.3 is 6.09 Å². The number of hydrogen-bond acceptors (Lipinski definition) is 3. The molecule has 4 heteroatoms. The molecule has 0 atom stereocenters. The van der Waals surface area contributed by atoms with Crippen molar-refractivity contribution in [2.45, 2.75) is 39.7 Å². The summed E-state index contributed by atoms with van der Waals surface area (Å²) in [6, 6.07) is 0. The van der Waals surface area contributed by atoms with E-state index in [4.69, 9.17) is 4.74 Å². The molecule has 0 aromatic rings. The third kappa shape index (κ3) is 4.02. The zero-order valence-electron chi connectivity index (χ0n) is 11.6. The molecule has 4 nitrogen and oxygen atoms in total. The largest absolute Gasteiger partial charge is 0.444 e. The highest BCUT2D eigenvalue weighted by atomic mass is 16.6. The lowest BCUT2D eigenvalue weighted by Crippen LogP contribution is -2.39. The first-order chi connectivity index (χ1) is 8.20. The molecule has 1 amide bonds. The van der Waals surface area contributed by atoms with Crippen LogP contribution in [0.2, 0.25) is 0 Å². The highest BCUT2D eigenvalue weighted by molar-refractivity contribution is 6.07. The predicted molar refractivity (Wildman–Crippen MR) is 70.3 cm³/mol. The van der Waals surface area contributed by atoms with Gasteiger partial charge in [0.15, 0.2) is 5.78 Å². The molecule has 1 aliphatic heterocycles. The fourth-order valence-corrected chi connectivity index (χ4v) is 1.64. The minimum Gasteiger partial charge on any atom is -0.444 e. The van der Waals surface area contributed by atoms with Crippen LogP contribution in [-0.2, 0) is 9.53 Å². The van der Waals surface area contributed by atoms with Crippen LogP contribution in [0.5, 0.6) is 0 Å². The van der Waals surface area contributed by atoms with E-state index in [2.05, 4.69) is 6.58 Å². The van der Waals surface area contributed by atoms with Gasteiger partial charge in [-0.2, -0.15) is 0 Å². The topological polar surface area (TPSA) is 46.6 Å². The Hall–Kier alpha value is -1.58. The summed E-state index contributed by atoms with van der Waals surface area (Å²) in [7, 11) is 0. The van der Waals surface area contributed by atoms with Gasteiger partial charge in [0.05, 0.1) is 0 Å². The van der Waals surface area contributed by atoms with E-state index in [9.17, 15) is 9.59 Å². The van der Waals surface area contributed by atoms with E-state index in [0.717, 1.165) is 5.57 Å². The molecule has 0 saturated carbocycles. The first-order valence-electron chi connectivity index (χ1n) is 6.08. The number of nitrogens with zero attached hydrogens (tertiary/aromatic N) is 1. The zero-order valence-corrected chi connectivity index (χ0v) is 11.6. The monoisotopic (exact) mass is 251 g/mol. The molecule has 0 fully saturated rings. The van der Waals surface area contributed by atoms with Gasteiger partial charge in [0.1, 0.15) is 5.60 Å². The maximum atomic E-state index is 11.8. The van der Waals surface area contributed by atoms with E-state index < -0.39 is 5.60 Å². The van der Waals surface area contributed by atoms with E-state index in [1.165, 1.54) is 0 Å². The van der Waals surface area contributed by atoms with Gasteiger partial charge in [-0.3, -0.25) is 4.79 Å². The molecule has 0 spiro atoms. The molecule has 0 aromatic heterocycles. The van der Waals surface area contributed by atoms with Crippen molar-refractivity contribution in [3.8, 4) is 0 Å². The van der Waals surface area contributed by atoms with Crippen LogP contribution in [0.25, 0.3) is 0 Å². The SMILES string of the molecule is C=C(C)C(=O)C1=CCN(C(=O)OC(C)(C)C)CC1. The molecule has 0 bridgehead atoms. The first kappa shape index (κ1) is 14.5. The van der Waals surface area contributed by atoms with Crippen LogP contribution in [0.3, 0.4) is 0 Å². The quantitative estimate of drug-likeness (QED) is 0.709. The van der Waals surface area contributed by atoms with Gasteiger partial charge in [-0.15, -0.1) is 0 Å². The Morgan fingerprint density at radius 3 is 2.39 bits per heavy atom. The number of allylic oxidation sites excluding steroid dienone is 1. The second-order valence-electron chi connectivity index (χ2n) is 5.52. The third-order valence-corrected chi connectivity index (χ3v) is 2.54. The summed E-state index contributed by atoms with van der Waals surface area (Å²) in [6.45, 7) is 11.8. The van der Waals surface area contributed by atoms with Crippen LogP contribution in [0, 0.1) is 0 Å². The fraction of sp³-hybridized carbons (Fsp3) is 0.571. The Bertz CT molecular complexity index is 402. The molecule has 0 saturated heterocycles. The van der Waals surface area contributed by atoms with Gasteiger partial charge in [-0.1, -0.05) is 12.7 Å². The summed E-state index contributed by atoms with van der Waals surface area (Å²) in [5.74, 6) is -0.0150. The van der Waals surface area contributed by atoms with Crippen LogP contribution in [0.1, 0.15) is 34.1 Å². The van der Waals surface area contributed by atoms with Gasteiger partial charge in [0.25, 0.3) is 0 Å². The summed E-state index contributed by atoms with van der Waals surface area (Å²) < 4.78 is 5.28. The highest BCUT2D eigenvalue weighted by Crippen LogP contribution is 2.17. The van der Waals surface area contributed by atoms with Gasteiger partial charge < -0.3 is 9.64 Å². The smallest absolute Gasteiger partial charge is 0.410 e. The summed E-state index contributed by atoms with van der Waals surface area (Å²) in [5.41, 5.74) is 0.781. The van der Waals surface area contributed by atoms with Crippen LogP contribution >= 0.6 is 0 Å². The van der Waals surface area contributed by atoms with Gasteiger partial charge in [-0.25, -0.2) is 4.79 Å². The average Bonchev–Trinajstić information content (AvgIpc) is 2.26. The lowest BCUT2D eigenvalue weighted by atomic mass is 10.00. The number of amides is 1. The average molecular weight is 251 g/mol. The Kier molecular flexibility index (Phi) is 4.33. The van der Waals surface area contributed by atoms with E-state index in [1.807, 2.05) is 20.8 Å². The first-order valence-corrected chi connectivity index (χ1v) is 6.08. The fourth-order valence-electron chi connectivity index (χ4n) is 1.64. The van der Waals surface area contributed by atoms with Crippen LogP contribution in [0.15, 0.2) is 23.8 Å². The molecule has 0 aliphatic carbocycles. The summed E-state index contributed by atoms with van der Waals surface area (Å²) in [4.78, 5) is 25.1. The molecule has 1 rings (SSSR count). The normalized spacial score (nSPS) is 16.0. The van der Waals surface area contributed by atoms with Crippen LogP contribution in [-0.4, -0.2) is 35.5 Å². The molecule has 18 heavy (non-hydrogen) atoms. The zero-order chi connectivity index (χ0) is 13.9. The Labute approximate surface area is 108 Å². The van der Waals surface area contributed by atoms with Crippen molar-refractivity contribution in [3.63, 3.8) is 0 Å². The van der Waals surface area contributed by atoms with E-state index in [0.29, 0.717) is 25.1 Å². The van der Waals surface area contributed by atoms with Gasteiger partial charge in [-0.05, 0) is 45.3 Å². The van der Waals surface area contributed by atoms with E-state index in [-0.39, 0.29) is 11.9 Å². The number of ether oxygens (including phenoxy) is 1. The van der Waals surface area contributed by atoms with Crippen molar-refractivity contribution in [1.29, 1.82) is 0 Å². The lowest BCUT2D eigenvalue weighted by Gasteiger charge is -2.29. The number of ketones is 1. The number of carbonyl (C=O) groups excluding carboxylic acids is 2. The Balaban J connectivity index is 2.60. The van der Waals surface area contributed by atoms with Crippen molar-refractivity contribution in [2.24, 2.45) is 0 Å². The second-order valence-corrected chi connectivity index (χ2v) is 5.52. The van der Waals surface area contributed by atoms with Crippen molar-refractivity contribution >= 4 is 11.9 Å². The van der Waals surface area contributed by atoms with E-state index in [1.54, 1.807) is 17.9 Å². The molecular formula is C14H21NO3.